The van der Waals surface area contributed by atoms with Gasteiger partial charge in [-0.15, -0.1) is 0 Å². The van der Waals surface area contributed by atoms with Crippen molar-refractivity contribution in [1.82, 2.24) is 4.90 Å². The Kier molecular flexibility index (Phi) is 4.52. The molecule has 1 unspecified atom stereocenters. The standard InChI is InChI=1S/C15H17ClFNO3/c1-2-7-15(14(20)21)8-4-9-18(15)13(19)10-5-3-6-11(17)12(10)16/h3,5-6H,2,4,7-9H2,1H3,(H,20,21). The second kappa shape index (κ2) is 6.02. The van der Waals surface area contributed by atoms with Gasteiger partial charge in [-0.1, -0.05) is 31.0 Å². The summed E-state index contributed by atoms with van der Waals surface area (Å²) in [6.45, 7) is 2.22. The highest BCUT2D eigenvalue weighted by Crippen LogP contribution is 2.36. The van der Waals surface area contributed by atoms with E-state index in [0.29, 0.717) is 32.2 Å². The number of carboxylic acid groups (broad SMARTS) is 1. The molecule has 1 aromatic rings. The van der Waals surface area contributed by atoms with E-state index < -0.39 is 23.2 Å². The summed E-state index contributed by atoms with van der Waals surface area (Å²) in [6, 6.07) is 3.98. The van der Waals surface area contributed by atoms with Crippen LogP contribution in [0.4, 0.5) is 4.39 Å². The van der Waals surface area contributed by atoms with Gasteiger partial charge in [0.05, 0.1) is 10.6 Å². The normalized spacial score (nSPS) is 21.6. The lowest BCUT2D eigenvalue weighted by Gasteiger charge is -2.34. The maximum Gasteiger partial charge on any atom is 0.329 e. The number of amides is 1. The van der Waals surface area contributed by atoms with Crippen molar-refractivity contribution < 1.29 is 19.1 Å². The van der Waals surface area contributed by atoms with Crippen LogP contribution in [0.3, 0.4) is 0 Å². The highest BCUT2D eigenvalue weighted by atomic mass is 35.5. The van der Waals surface area contributed by atoms with Gasteiger partial charge in [-0.05, 0) is 31.4 Å². The number of likely N-dealkylation sites (tertiary alicyclic amines) is 1. The van der Waals surface area contributed by atoms with E-state index in [1.54, 1.807) is 0 Å². The quantitative estimate of drug-likeness (QED) is 0.927. The number of carboxylic acids is 1. The van der Waals surface area contributed by atoms with Gasteiger partial charge >= 0.3 is 5.97 Å². The van der Waals surface area contributed by atoms with Crippen molar-refractivity contribution in [3.8, 4) is 0 Å². The Morgan fingerprint density at radius 3 is 2.81 bits per heavy atom. The average molecular weight is 314 g/mol. The fourth-order valence-electron chi connectivity index (χ4n) is 2.99. The van der Waals surface area contributed by atoms with Gasteiger partial charge < -0.3 is 10.0 Å². The van der Waals surface area contributed by atoms with Crippen LogP contribution in [0.5, 0.6) is 0 Å². The Morgan fingerprint density at radius 2 is 2.19 bits per heavy atom. The molecule has 0 aromatic heterocycles. The molecule has 0 aliphatic carbocycles. The van der Waals surface area contributed by atoms with Crippen molar-refractivity contribution in [2.24, 2.45) is 0 Å². The van der Waals surface area contributed by atoms with Crippen molar-refractivity contribution in [3.63, 3.8) is 0 Å². The molecule has 4 nitrogen and oxygen atoms in total. The van der Waals surface area contributed by atoms with E-state index in [4.69, 9.17) is 11.6 Å². The van der Waals surface area contributed by atoms with E-state index in [0.717, 1.165) is 0 Å². The Labute approximate surface area is 127 Å². The summed E-state index contributed by atoms with van der Waals surface area (Å²) < 4.78 is 13.5. The molecule has 0 bridgehead atoms. The van der Waals surface area contributed by atoms with Crippen LogP contribution in [0.2, 0.25) is 5.02 Å². The lowest BCUT2D eigenvalue weighted by atomic mass is 9.90. The van der Waals surface area contributed by atoms with Gasteiger partial charge in [-0.3, -0.25) is 4.79 Å². The number of hydrogen-bond acceptors (Lipinski definition) is 2. The predicted octanol–water partition coefficient (Wildman–Crippen LogP) is 3.34. The molecular formula is C15H17ClFNO3. The van der Waals surface area contributed by atoms with Gasteiger partial charge in [-0.25, -0.2) is 9.18 Å². The molecule has 2 rings (SSSR count). The third kappa shape index (κ3) is 2.62. The highest BCUT2D eigenvalue weighted by molar-refractivity contribution is 6.34. The van der Waals surface area contributed by atoms with Crippen LogP contribution in [0.25, 0.3) is 0 Å². The summed E-state index contributed by atoms with van der Waals surface area (Å²) in [7, 11) is 0. The first-order valence-corrected chi connectivity index (χ1v) is 7.31. The minimum Gasteiger partial charge on any atom is -0.479 e. The van der Waals surface area contributed by atoms with E-state index >= 15 is 0 Å². The summed E-state index contributed by atoms with van der Waals surface area (Å²) >= 11 is 5.85. The molecule has 1 aliphatic rings. The topological polar surface area (TPSA) is 57.6 Å². The maximum absolute atomic E-state index is 13.5. The summed E-state index contributed by atoms with van der Waals surface area (Å²) in [5, 5.41) is 9.32. The third-order valence-electron chi connectivity index (χ3n) is 3.98. The fourth-order valence-corrected chi connectivity index (χ4v) is 3.20. The smallest absolute Gasteiger partial charge is 0.329 e. The van der Waals surface area contributed by atoms with Gasteiger partial charge in [-0.2, -0.15) is 0 Å². The maximum atomic E-state index is 13.5. The summed E-state index contributed by atoms with van der Waals surface area (Å²) in [6.07, 6.45) is 2.05. The number of hydrogen-bond donors (Lipinski definition) is 1. The molecule has 0 saturated carbocycles. The number of halogens is 2. The molecule has 1 aromatic carbocycles. The van der Waals surface area contributed by atoms with Crippen LogP contribution in [-0.4, -0.2) is 34.0 Å². The lowest BCUT2D eigenvalue weighted by molar-refractivity contribution is -0.148. The van der Waals surface area contributed by atoms with Crippen LogP contribution >= 0.6 is 11.6 Å². The minimum atomic E-state index is -1.21. The summed E-state index contributed by atoms with van der Waals surface area (Å²) in [5.41, 5.74) is -1.19. The van der Waals surface area contributed by atoms with Gasteiger partial charge in [0.15, 0.2) is 0 Å². The lowest BCUT2D eigenvalue weighted by Crippen LogP contribution is -2.53. The Hall–Kier alpha value is -1.62. The molecule has 1 saturated heterocycles. The molecule has 1 heterocycles. The van der Waals surface area contributed by atoms with E-state index in [1.165, 1.54) is 23.1 Å². The Bertz CT molecular complexity index is 578. The zero-order valence-electron chi connectivity index (χ0n) is 11.7. The van der Waals surface area contributed by atoms with Crippen molar-refractivity contribution in [2.45, 2.75) is 38.1 Å². The van der Waals surface area contributed by atoms with Crippen LogP contribution < -0.4 is 0 Å². The fraction of sp³-hybridized carbons (Fsp3) is 0.467. The molecule has 1 amide bonds. The second-order valence-corrected chi connectivity index (χ2v) is 5.63. The van der Waals surface area contributed by atoms with E-state index in [1.807, 2.05) is 6.92 Å². The van der Waals surface area contributed by atoms with Gasteiger partial charge in [0.2, 0.25) is 0 Å². The number of rotatable bonds is 4. The molecule has 21 heavy (non-hydrogen) atoms. The predicted molar refractivity (Wildman–Crippen MR) is 77.0 cm³/mol. The average Bonchev–Trinajstić information content (AvgIpc) is 2.86. The number of benzene rings is 1. The molecule has 1 N–H and O–H groups in total. The number of carbonyl (C=O) groups excluding carboxylic acids is 1. The van der Waals surface area contributed by atoms with Crippen molar-refractivity contribution in [1.29, 1.82) is 0 Å². The SMILES string of the molecule is CCCC1(C(=O)O)CCCN1C(=O)c1cccc(F)c1Cl. The zero-order valence-corrected chi connectivity index (χ0v) is 12.5. The van der Waals surface area contributed by atoms with Gasteiger partial charge in [0, 0.05) is 6.54 Å². The van der Waals surface area contributed by atoms with E-state index in [-0.39, 0.29) is 10.6 Å². The van der Waals surface area contributed by atoms with Crippen molar-refractivity contribution in [2.75, 3.05) is 6.54 Å². The molecule has 1 fully saturated rings. The molecule has 1 atom stereocenters. The first kappa shape index (κ1) is 15.8. The third-order valence-corrected chi connectivity index (χ3v) is 4.36. The minimum absolute atomic E-state index is 0.0142. The first-order chi connectivity index (χ1) is 9.94. The van der Waals surface area contributed by atoms with E-state index in [9.17, 15) is 19.1 Å². The Morgan fingerprint density at radius 1 is 1.48 bits per heavy atom. The van der Waals surface area contributed by atoms with Crippen LogP contribution in [-0.2, 0) is 4.79 Å². The molecule has 0 radical (unpaired) electrons. The molecule has 0 spiro atoms. The van der Waals surface area contributed by atoms with Crippen LogP contribution in [0.1, 0.15) is 43.0 Å². The largest absolute Gasteiger partial charge is 0.479 e. The molecule has 114 valence electrons. The first-order valence-electron chi connectivity index (χ1n) is 6.93. The molecular weight excluding hydrogens is 297 g/mol. The number of nitrogens with zero attached hydrogens (tertiary/aromatic N) is 1. The van der Waals surface area contributed by atoms with Gasteiger partial charge in [0.25, 0.3) is 5.91 Å². The second-order valence-electron chi connectivity index (χ2n) is 5.25. The summed E-state index contributed by atoms with van der Waals surface area (Å²) in [4.78, 5) is 25.7. The van der Waals surface area contributed by atoms with Crippen molar-refractivity contribution in [3.05, 3.63) is 34.6 Å². The Balaban J connectivity index is 2.41. The highest BCUT2D eigenvalue weighted by Gasteiger charge is 2.49. The molecule has 6 heteroatoms. The zero-order chi connectivity index (χ0) is 15.6. The van der Waals surface area contributed by atoms with Gasteiger partial charge in [0.1, 0.15) is 11.4 Å². The number of aliphatic carboxylic acids is 1. The monoisotopic (exact) mass is 313 g/mol. The van der Waals surface area contributed by atoms with Crippen molar-refractivity contribution >= 4 is 23.5 Å². The van der Waals surface area contributed by atoms with Crippen LogP contribution in [0.15, 0.2) is 18.2 Å². The molecule has 1 aliphatic heterocycles. The number of carbonyl (C=O) groups is 2. The summed E-state index contributed by atoms with van der Waals surface area (Å²) in [5.74, 6) is -2.21. The van der Waals surface area contributed by atoms with Crippen LogP contribution in [0, 0.1) is 5.82 Å². The van der Waals surface area contributed by atoms with E-state index in [2.05, 4.69) is 0 Å².